The molecule has 0 aliphatic carbocycles. The van der Waals surface area contributed by atoms with Crippen molar-refractivity contribution in [2.75, 3.05) is 6.54 Å². The van der Waals surface area contributed by atoms with Crippen LogP contribution in [-0.2, 0) is 16.2 Å². The van der Waals surface area contributed by atoms with Crippen LogP contribution in [0.1, 0.15) is 42.1 Å². The summed E-state index contributed by atoms with van der Waals surface area (Å²) in [4.78, 5) is 37.5. The SMILES string of the molecule is CC(=O)C[C@@H]1CCC(=O)N1CC(=O)c1ccc(OCc2ccccc2)cc1. The van der Waals surface area contributed by atoms with E-state index in [4.69, 9.17) is 4.74 Å². The summed E-state index contributed by atoms with van der Waals surface area (Å²) in [5.41, 5.74) is 1.60. The van der Waals surface area contributed by atoms with E-state index in [-0.39, 0.29) is 30.1 Å². The molecular weight excluding hydrogens is 342 g/mol. The fourth-order valence-electron chi connectivity index (χ4n) is 3.28. The fraction of sp³-hybridized carbons (Fsp3) is 0.318. The summed E-state index contributed by atoms with van der Waals surface area (Å²) in [6, 6.07) is 16.6. The highest BCUT2D eigenvalue weighted by Crippen LogP contribution is 2.22. The van der Waals surface area contributed by atoms with Crippen molar-refractivity contribution in [3.8, 4) is 5.75 Å². The molecule has 5 heteroatoms. The van der Waals surface area contributed by atoms with Gasteiger partial charge in [0.15, 0.2) is 5.78 Å². The zero-order valence-corrected chi connectivity index (χ0v) is 15.4. The average molecular weight is 365 g/mol. The molecule has 1 heterocycles. The molecule has 1 aliphatic rings. The Hall–Kier alpha value is -2.95. The van der Waals surface area contributed by atoms with Gasteiger partial charge in [-0.3, -0.25) is 14.4 Å². The molecule has 0 radical (unpaired) electrons. The topological polar surface area (TPSA) is 63.7 Å². The number of benzene rings is 2. The number of nitrogens with zero attached hydrogens (tertiary/aromatic N) is 1. The summed E-state index contributed by atoms with van der Waals surface area (Å²) in [6.07, 6.45) is 1.35. The zero-order chi connectivity index (χ0) is 19.2. The molecule has 140 valence electrons. The minimum absolute atomic E-state index is 0.0149. The molecule has 1 saturated heterocycles. The highest BCUT2D eigenvalue weighted by Gasteiger charge is 2.33. The number of amides is 1. The second-order valence-electron chi connectivity index (χ2n) is 6.84. The molecule has 3 rings (SSSR count). The number of hydrogen-bond acceptors (Lipinski definition) is 4. The third kappa shape index (κ3) is 5.03. The smallest absolute Gasteiger partial charge is 0.223 e. The number of ether oxygens (including phenoxy) is 1. The Morgan fingerprint density at radius 2 is 1.78 bits per heavy atom. The second-order valence-corrected chi connectivity index (χ2v) is 6.84. The highest BCUT2D eigenvalue weighted by molar-refractivity contribution is 5.99. The quantitative estimate of drug-likeness (QED) is 0.673. The normalized spacial score (nSPS) is 16.4. The van der Waals surface area contributed by atoms with E-state index >= 15 is 0 Å². The van der Waals surface area contributed by atoms with Crippen LogP contribution in [-0.4, -0.2) is 35.0 Å². The van der Waals surface area contributed by atoms with Crippen LogP contribution in [0.15, 0.2) is 54.6 Å². The van der Waals surface area contributed by atoms with E-state index in [1.54, 1.807) is 29.2 Å². The first kappa shape index (κ1) is 18.8. The molecule has 1 atom stereocenters. The van der Waals surface area contributed by atoms with Crippen molar-refractivity contribution in [3.63, 3.8) is 0 Å². The number of carbonyl (C=O) groups excluding carboxylic acids is 3. The second kappa shape index (κ2) is 8.62. The maximum Gasteiger partial charge on any atom is 0.223 e. The Morgan fingerprint density at radius 3 is 2.44 bits per heavy atom. The molecule has 1 fully saturated rings. The lowest BCUT2D eigenvalue weighted by atomic mass is 10.1. The van der Waals surface area contributed by atoms with Crippen LogP contribution >= 0.6 is 0 Å². The first-order chi connectivity index (χ1) is 13.0. The van der Waals surface area contributed by atoms with Gasteiger partial charge in [-0.15, -0.1) is 0 Å². The van der Waals surface area contributed by atoms with Crippen LogP contribution in [0.3, 0.4) is 0 Å². The van der Waals surface area contributed by atoms with Gasteiger partial charge in [-0.05, 0) is 43.2 Å². The largest absolute Gasteiger partial charge is 0.489 e. The minimum atomic E-state index is -0.160. The van der Waals surface area contributed by atoms with E-state index < -0.39 is 0 Å². The van der Waals surface area contributed by atoms with Gasteiger partial charge in [0.05, 0.1) is 6.54 Å². The van der Waals surface area contributed by atoms with Gasteiger partial charge in [0.25, 0.3) is 0 Å². The third-order valence-corrected chi connectivity index (χ3v) is 4.71. The van der Waals surface area contributed by atoms with Gasteiger partial charge in [-0.25, -0.2) is 0 Å². The van der Waals surface area contributed by atoms with Crippen molar-refractivity contribution in [1.82, 2.24) is 4.90 Å². The summed E-state index contributed by atoms with van der Waals surface area (Å²) in [5, 5.41) is 0. The van der Waals surface area contributed by atoms with Crippen LogP contribution < -0.4 is 4.74 Å². The van der Waals surface area contributed by atoms with Gasteiger partial charge in [0.2, 0.25) is 5.91 Å². The number of Topliss-reactive ketones (excluding diaryl/α,β-unsaturated/α-hetero) is 2. The molecule has 2 aromatic carbocycles. The van der Waals surface area contributed by atoms with E-state index in [9.17, 15) is 14.4 Å². The third-order valence-electron chi connectivity index (χ3n) is 4.71. The fourth-order valence-corrected chi connectivity index (χ4v) is 3.28. The molecule has 2 aromatic rings. The number of ketones is 2. The lowest BCUT2D eigenvalue weighted by Crippen LogP contribution is -2.38. The highest BCUT2D eigenvalue weighted by atomic mass is 16.5. The minimum Gasteiger partial charge on any atom is -0.489 e. The Bertz CT molecular complexity index is 814. The Kier molecular flexibility index (Phi) is 6.01. The van der Waals surface area contributed by atoms with E-state index in [2.05, 4.69) is 0 Å². The van der Waals surface area contributed by atoms with Crippen LogP contribution in [0.2, 0.25) is 0 Å². The molecule has 0 saturated carbocycles. The molecule has 0 N–H and O–H groups in total. The Balaban J connectivity index is 1.58. The molecule has 0 bridgehead atoms. The van der Waals surface area contributed by atoms with Gasteiger partial charge >= 0.3 is 0 Å². The van der Waals surface area contributed by atoms with Gasteiger partial charge in [0.1, 0.15) is 18.1 Å². The van der Waals surface area contributed by atoms with Crippen LogP contribution in [0, 0.1) is 0 Å². The molecule has 5 nitrogen and oxygen atoms in total. The summed E-state index contributed by atoms with van der Waals surface area (Å²) in [6.45, 7) is 1.99. The molecule has 0 spiro atoms. The van der Waals surface area contributed by atoms with Gasteiger partial charge < -0.3 is 9.64 Å². The molecule has 0 unspecified atom stereocenters. The maximum atomic E-state index is 12.5. The van der Waals surface area contributed by atoms with Crippen molar-refractivity contribution >= 4 is 17.5 Å². The number of likely N-dealkylation sites (tertiary alicyclic amines) is 1. The van der Waals surface area contributed by atoms with Gasteiger partial charge in [-0.1, -0.05) is 30.3 Å². The monoisotopic (exact) mass is 365 g/mol. The van der Waals surface area contributed by atoms with Gasteiger partial charge in [0, 0.05) is 24.4 Å². The summed E-state index contributed by atoms with van der Waals surface area (Å²) in [7, 11) is 0. The standard InChI is InChI=1S/C22H23NO4/c1-16(24)13-19-9-12-22(26)23(19)14-21(25)18-7-10-20(11-8-18)27-15-17-5-3-2-4-6-17/h2-8,10-11,19H,9,12-15H2,1H3/t19-/m0/s1. The molecule has 1 amide bonds. The number of carbonyl (C=O) groups is 3. The number of hydrogen-bond donors (Lipinski definition) is 0. The number of rotatable bonds is 8. The first-order valence-corrected chi connectivity index (χ1v) is 9.12. The average Bonchev–Trinajstić information content (AvgIpc) is 3.00. The maximum absolute atomic E-state index is 12.5. The predicted octanol–water partition coefficient (Wildman–Crippen LogP) is 3.42. The predicted molar refractivity (Wildman–Crippen MR) is 102 cm³/mol. The lowest BCUT2D eigenvalue weighted by molar-refractivity contribution is -0.129. The van der Waals surface area contributed by atoms with E-state index in [0.29, 0.717) is 37.2 Å². The van der Waals surface area contributed by atoms with Crippen LogP contribution in [0.4, 0.5) is 0 Å². The van der Waals surface area contributed by atoms with Crippen molar-refractivity contribution in [1.29, 1.82) is 0 Å². The Morgan fingerprint density at radius 1 is 1.07 bits per heavy atom. The molecule has 1 aliphatic heterocycles. The van der Waals surface area contributed by atoms with Crippen molar-refractivity contribution in [3.05, 3.63) is 65.7 Å². The van der Waals surface area contributed by atoms with E-state index in [1.807, 2.05) is 30.3 Å². The van der Waals surface area contributed by atoms with Crippen molar-refractivity contribution in [2.24, 2.45) is 0 Å². The van der Waals surface area contributed by atoms with E-state index in [0.717, 1.165) is 5.56 Å². The lowest BCUT2D eigenvalue weighted by Gasteiger charge is -2.23. The van der Waals surface area contributed by atoms with E-state index in [1.165, 1.54) is 6.92 Å². The van der Waals surface area contributed by atoms with Crippen molar-refractivity contribution in [2.45, 2.75) is 38.8 Å². The van der Waals surface area contributed by atoms with Gasteiger partial charge in [-0.2, -0.15) is 0 Å². The summed E-state index contributed by atoms with van der Waals surface area (Å²) < 4.78 is 5.72. The molecule has 27 heavy (non-hydrogen) atoms. The first-order valence-electron chi connectivity index (χ1n) is 9.12. The Labute approximate surface area is 158 Å². The summed E-state index contributed by atoms with van der Waals surface area (Å²) in [5.74, 6) is 0.528. The van der Waals surface area contributed by atoms with Crippen LogP contribution in [0.25, 0.3) is 0 Å². The summed E-state index contributed by atoms with van der Waals surface area (Å²) >= 11 is 0. The van der Waals surface area contributed by atoms with Crippen LogP contribution in [0.5, 0.6) is 5.75 Å². The molecule has 0 aromatic heterocycles. The van der Waals surface area contributed by atoms with Crippen molar-refractivity contribution < 1.29 is 19.1 Å². The molecular formula is C22H23NO4. The zero-order valence-electron chi connectivity index (χ0n) is 15.4.